The number of nitrogens with zero attached hydrogens (tertiary/aromatic N) is 1. The Kier molecular flexibility index (Phi) is 4.56. The van der Waals surface area contributed by atoms with Crippen molar-refractivity contribution in [3.05, 3.63) is 29.6 Å². The summed E-state index contributed by atoms with van der Waals surface area (Å²) in [5.74, 6) is 0.392. The fourth-order valence-corrected chi connectivity index (χ4v) is 1.25. The molecule has 3 heteroatoms. The van der Waals surface area contributed by atoms with E-state index in [1.807, 2.05) is 32.0 Å². The Morgan fingerprint density at radius 3 is 2.60 bits per heavy atom. The minimum atomic E-state index is -0.228. The van der Waals surface area contributed by atoms with Crippen LogP contribution in [0.4, 0.5) is 4.39 Å². The molecule has 0 saturated carbocycles. The van der Waals surface area contributed by atoms with Crippen molar-refractivity contribution in [3.8, 4) is 5.75 Å². The van der Waals surface area contributed by atoms with Crippen molar-refractivity contribution < 1.29 is 9.13 Å². The van der Waals surface area contributed by atoms with Crippen molar-refractivity contribution in [2.75, 3.05) is 27.2 Å². The zero-order chi connectivity index (χ0) is 11.3. The highest BCUT2D eigenvalue weighted by atomic mass is 19.1. The lowest BCUT2D eigenvalue weighted by molar-refractivity contribution is 0.260. The van der Waals surface area contributed by atoms with Gasteiger partial charge < -0.3 is 9.64 Å². The number of aryl methyl sites for hydroxylation is 1. The average Bonchev–Trinajstić information content (AvgIpc) is 2.16. The smallest absolute Gasteiger partial charge is 0.127 e. The van der Waals surface area contributed by atoms with Gasteiger partial charge in [0, 0.05) is 12.6 Å². The average molecular weight is 211 g/mol. The van der Waals surface area contributed by atoms with Gasteiger partial charge in [-0.15, -0.1) is 0 Å². The quantitative estimate of drug-likeness (QED) is 0.741. The molecular weight excluding hydrogens is 193 g/mol. The fourth-order valence-electron chi connectivity index (χ4n) is 1.25. The predicted octanol–water partition coefficient (Wildman–Crippen LogP) is 2.33. The van der Waals surface area contributed by atoms with E-state index in [4.69, 9.17) is 4.74 Å². The van der Waals surface area contributed by atoms with Crippen molar-refractivity contribution >= 4 is 0 Å². The van der Waals surface area contributed by atoms with Crippen molar-refractivity contribution in [2.45, 2.75) is 13.3 Å². The van der Waals surface area contributed by atoms with Gasteiger partial charge in [0.1, 0.15) is 18.2 Å². The second kappa shape index (κ2) is 5.71. The number of hydrogen-bond acceptors (Lipinski definition) is 2. The first-order valence-corrected chi connectivity index (χ1v) is 5.19. The van der Waals surface area contributed by atoms with Crippen molar-refractivity contribution in [1.82, 2.24) is 4.90 Å². The normalized spacial score (nSPS) is 10.7. The van der Waals surface area contributed by atoms with Gasteiger partial charge >= 0.3 is 0 Å². The minimum absolute atomic E-state index is 0.228. The summed E-state index contributed by atoms with van der Waals surface area (Å²) >= 11 is 0. The Labute approximate surface area is 90.7 Å². The van der Waals surface area contributed by atoms with Gasteiger partial charge in [-0.2, -0.15) is 0 Å². The SMILES string of the molecule is CCc1cc(F)cc(OCCN(C)C)c1. The largest absolute Gasteiger partial charge is 0.492 e. The minimum Gasteiger partial charge on any atom is -0.492 e. The third-order valence-electron chi connectivity index (χ3n) is 2.15. The monoisotopic (exact) mass is 211 g/mol. The van der Waals surface area contributed by atoms with Gasteiger partial charge in [-0.1, -0.05) is 6.92 Å². The lowest BCUT2D eigenvalue weighted by atomic mass is 10.1. The molecule has 0 unspecified atom stereocenters. The van der Waals surface area contributed by atoms with Gasteiger partial charge in [0.2, 0.25) is 0 Å². The van der Waals surface area contributed by atoms with Crippen LogP contribution in [0, 0.1) is 5.82 Å². The first kappa shape index (κ1) is 12.0. The third kappa shape index (κ3) is 4.30. The molecule has 1 aromatic rings. The van der Waals surface area contributed by atoms with E-state index in [-0.39, 0.29) is 5.82 Å². The molecule has 0 bridgehead atoms. The van der Waals surface area contributed by atoms with Crippen LogP contribution in [0.25, 0.3) is 0 Å². The van der Waals surface area contributed by atoms with Crippen LogP contribution in [0.5, 0.6) is 5.75 Å². The highest BCUT2D eigenvalue weighted by Gasteiger charge is 2.00. The van der Waals surface area contributed by atoms with E-state index in [0.29, 0.717) is 12.4 Å². The third-order valence-corrected chi connectivity index (χ3v) is 2.15. The Morgan fingerprint density at radius 2 is 2.00 bits per heavy atom. The van der Waals surface area contributed by atoms with Crippen LogP contribution in [0.3, 0.4) is 0 Å². The topological polar surface area (TPSA) is 12.5 Å². The summed E-state index contributed by atoms with van der Waals surface area (Å²) in [6, 6.07) is 4.85. The van der Waals surface area contributed by atoms with Crippen LogP contribution in [-0.4, -0.2) is 32.1 Å². The second-order valence-electron chi connectivity index (χ2n) is 3.80. The summed E-state index contributed by atoms with van der Waals surface area (Å²) in [6.45, 7) is 3.41. The summed E-state index contributed by atoms with van der Waals surface area (Å²) in [7, 11) is 3.96. The molecule has 2 nitrogen and oxygen atoms in total. The Morgan fingerprint density at radius 1 is 1.27 bits per heavy atom. The van der Waals surface area contributed by atoms with E-state index in [2.05, 4.69) is 0 Å². The van der Waals surface area contributed by atoms with Gasteiger partial charge in [-0.25, -0.2) is 4.39 Å². The molecule has 0 fully saturated rings. The molecule has 15 heavy (non-hydrogen) atoms. The number of rotatable bonds is 5. The molecule has 0 spiro atoms. The molecule has 0 saturated heterocycles. The number of ether oxygens (including phenoxy) is 1. The van der Waals surface area contributed by atoms with E-state index >= 15 is 0 Å². The molecule has 0 aliphatic heterocycles. The summed E-state index contributed by atoms with van der Waals surface area (Å²) in [5, 5.41) is 0. The standard InChI is InChI=1S/C12H18FNO/c1-4-10-7-11(13)9-12(8-10)15-6-5-14(2)3/h7-9H,4-6H2,1-3H3. The molecule has 0 amide bonds. The van der Waals surface area contributed by atoms with Gasteiger partial charge in [-0.3, -0.25) is 0 Å². The van der Waals surface area contributed by atoms with E-state index in [1.54, 1.807) is 6.07 Å². The zero-order valence-corrected chi connectivity index (χ0v) is 9.59. The molecule has 0 N–H and O–H groups in total. The molecule has 0 aliphatic carbocycles. The van der Waals surface area contributed by atoms with Gasteiger partial charge in [0.15, 0.2) is 0 Å². The van der Waals surface area contributed by atoms with E-state index in [1.165, 1.54) is 6.07 Å². The van der Waals surface area contributed by atoms with Crippen LogP contribution in [-0.2, 0) is 6.42 Å². The second-order valence-corrected chi connectivity index (χ2v) is 3.80. The number of hydrogen-bond donors (Lipinski definition) is 0. The van der Waals surface area contributed by atoms with Gasteiger partial charge in [0.25, 0.3) is 0 Å². The lowest BCUT2D eigenvalue weighted by Crippen LogP contribution is -2.19. The molecule has 84 valence electrons. The number of benzene rings is 1. The van der Waals surface area contributed by atoms with Crippen molar-refractivity contribution in [2.24, 2.45) is 0 Å². The molecule has 0 heterocycles. The van der Waals surface area contributed by atoms with Gasteiger partial charge in [0.05, 0.1) is 0 Å². The molecule has 1 rings (SSSR count). The Bertz CT molecular complexity index is 312. The highest BCUT2D eigenvalue weighted by Crippen LogP contribution is 2.16. The van der Waals surface area contributed by atoms with Crippen molar-refractivity contribution in [1.29, 1.82) is 0 Å². The van der Waals surface area contributed by atoms with Crippen LogP contribution >= 0.6 is 0 Å². The number of halogens is 1. The molecule has 0 atom stereocenters. The summed E-state index contributed by atoms with van der Waals surface area (Å²) < 4.78 is 18.6. The van der Waals surface area contributed by atoms with Crippen LogP contribution in [0.1, 0.15) is 12.5 Å². The lowest BCUT2D eigenvalue weighted by Gasteiger charge is -2.11. The zero-order valence-electron chi connectivity index (χ0n) is 9.59. The maximum absolute atomic E-state index is 13.1. The fraction of sp³-hybridized carbons (Fsp3) is 0.500. The summed E-state index contributed by atoms with van der Waals surface area (Å²) in [5.41, 5.74) is 0.967. The maximum Gasteiger partial charge on any atom is 0.127 e. The van der Waals surface area contributed by atoms with E-state index < -0.39 is 0 Å². The Hall–Kier alpha value is -1.09. The molecule has 0 aliphatic rings. The molecular formula is C12H18FNO. The van der Waals surface area contributed by atoms with Gasteiger partial charge in [-0.05, 0) is 38.2 Å². The summed E-state index contributed by atoms with van der Waals surface area (Å²) in [6.07, 6.45) is 0.821. The predicted molar refractivity (Wildman–Crippen MR) is 59.8 cm³/mol. The van der Waals surface area contributed by atoms with Crippen molar-refractivity contribution in [3.63, 3.8) is 0 Å². The molecule has 1 aromatic carbocycles. The highest BCUT2D eigenvalue weighted by molar-refractivity contribution is 5.29. The van der Waals surface area contributed by atoms with Crippen LogP contribution in [0.15, 0.2) is 18.2 Å². The summed E-state index contributed by atoms with van der Waals surface area (Å²) in [4.78, 5) is 2.03. The van der Waals surface area contributed by atoms with Crippen LogP contribution < -0.4 is 4.74 Å². The number of likely N-dealkylation sites (N-methyl/N-ethyl adjacent to an activating group) is 1. The van der Waals surface area contributed by atoms with Crippen LogP contribution in [0.2, 0.25) is 0 Å². The Balaban J connectivity index is 2.56. The maximum atomic E-state index is 13.1. The first-order chi connectivity index (χ1) is 7.11. The first-order valence-electron chi connectivity index (χ1n) is 5.19. The van der Waals surface area contributed by atoms with E-state index in [0.717, 1.165) is 18.5 Å². The molecule has 0 aromatic heterocycles. The molecule has 0 radical (unpaired) electrons. The van der Waals surface area contributed by atoms with E-state index in [9.17, 15) is 4.39 Å².